The van der Waals surface area contributed by atoms with E-state index in [0.717, 1.165) is 28.3 Å². The first-order chi connectivity index (χ1) is 14.6. The SMILES string of the molecule is COc1ccc(C=C2Oc3c(ccc4c3CN(c3ccc(C)cc3)CO4)C2=O)cc1. The molecular weight excluding hydrogens is 378 g/mol. The third-order valence-corrected chi connectivity index (χ3v) is 5.44. The lowest BCUT2D eigenvalue weighted by Crippen LogP contribution is -2.32. The van der Waals surface area contributed by atoms with Crippen molar-refractivity contribution in [2.24, 2.45) is 0 Å². The zero-order valence-corrected chi connectivity index (χ0v) is 16.8. The van der Waals surface area contributed by atoms with Crippen LogP contribution in [0.25, 0.3) is 6.08 Å². The van der Waals surface area contributed by atoms with Crippen molar-refractivity contribution in [3.63, 3.8) is 0 Å². The molecule has 0 bridgehead atoms. The number of hydrogen-bond acceptors (Lipinski definition) is 5. The molecule has 0 saturated heterocycles. The number of ether oxygens (including phenoxy) is 3. The highest BCUT2D eigenvalue weighted by atomic mass is 16.5. The molecule has 30 heavy (non-hydrogen) atoms. The Morgan fingerprint density at radius 3 is 2.50 bits per heavy atom. The van der Waals surface area contributed by atoms with Crippen LogP contribution in [0.2, 0.25) is 0 Å². The van der Waals surface area contributed by atoms with E-state index in [1.807, 2.05) is 30.3 Å². The summed E-state index contributed by atoms with van der Waals surface area (Å²) in [6.45, 7) is 3.14. The fourth-order valence-corrected chi connectivity index (χ4v) is 3.73. The topological polar surface area (TPSA) is 48.0 Å². The van der Waals surface area contributed by atoms with Crippen LogP contribution in [0, 0.1) is 6.92 Å². The fourth-order valence-electron chi connectivity index (χ4n) is 3.73. The summed E-state index contributed by atoms with van der Waals surface area (Å²) in [5.41, 5.74) is 4.62. The lowest BCUT2D eigenvalue weighted by molar-refractivity contribution is 0.101. The van der Waals surface area contributed by atoms with Crippen molar-refractivity contribution in [3.8, 4) is 17.2 Å². The molecule has 0 aliphatic carbocycles. The van der Waals surface area contributed by atoms with Crippen molar-refractivity contribution in [1.29, 1.82) is 0 Å². The quantitative estimate of drug-likeness (QED) is 0.582. The van der Waals surface area contributed by atoms with Crippen LogP contribution in [-0.4, -0.2) is 19.6 Å². The van der Waals surface area contributed by atoms with Crippen LogP contribution in [0.3, 0.4) is 0 Å². The zero-order chi connectivity index (χ0) is 20.7. The number of carbonyl (C=O) groups is 1. The summed E-state index contributed by atoms with van der Waals surface area (Å²) in [4.78, 5) is 15.1. The van der Waals surface area contributed by atoms with Crippen LogP contribution in [0.4, 0.5) is 5.69 Å². The van der Waals surface area contributed by atoms with E-state index in [1.165, 1.54) is 5.56 Å². The molecule has 0 amide bonds. The normalized spacial score (nSPS) is 16.0. The Morgan fingerprint density at radius 1 is 1.00 bits per heavy atom. The smallest absolute Gasteiger partial charge is 0.231 e. The Balaban J connectivity index is 1.46. The van der Waals surface area contributed by atoms with Gasteiger partial charge in [-0.05, 0) is 55.0 Å². The number of aryl methyl sites for hydroxylation is 1. The lowest BCUT2D eigenvalue weighted by atomic mass is 10.0. The van der Waals surface area contributed by atoms with Crippen LogP contribution < -0.4 is 19.1 Å². The van der Waals surface area contributed by atoms with E-state index < -0.39 is 0 Å². The summed E-state index contributed by atoms with van der Waals surface area (Å²) in [5.74, 6) is 2.32. The van der Waals surface area contributed by atoms with Gasteiger partial charge < -0.3 is 19.1 Å². The van der Waals surface area contributed by atoms with Crippen molar-refractivity contribution >= 4 is 17.5 Å². The van der Waals surface area contributed by atoms with Crippen molar-refractivity contribution < 1.29 is 19.0 Å². The molecule has 2 heterocycles. The van der Waals surface area contributed by atoms with Crippen LogP contribution >= 0.6 is 0 Å². The highest BCUT2D eigenvalue weighted by Crippen LogP contribution is 2.42. The second-order valence-corrected chi connectivity index (χ2v) is 7.44. The standard InChI is InChI=1S/C25H21NO4/c1-16-3-7-18(8-4-16)26-14-21-22(29-15-26)12-11-20-24(27)23(30-25(20)21)13-17-5-9-19(28-2)10-6-17/h3-13H,14-15H2,1-2H3. The molecular formula is C25H21NO4. The molecule has 2 aliphatic rings. The molecule has 150 valence electrons. The number of Topliss-reactive ketones (excluding diaryl/α,β-unsaturated/α-hetero) is 1. The van der Waals surface area contributed by atoms with Gasteiger partial charge in [0.2, 0.25) is 5.78 Å². The minimum absolute atomic E-state index is 0.115. The number of ketones is 1. The number of nitrogens with zero attached hydrogens (tertiary/aromatic N) is 1. The average Bonchev–Trinajstić information content (AvgIpc) is 3.10. The van der Waals surface area contributed by atoms with Crippen LogP contribution in [-0.2, 0) is 6.54 Å². The summed E-state index contributed by atoms with van der Waals surface area (Å²) >= 11 is 0. The molecule has 0 N–H and O–H groups in total. The molecule has 0 spiro atoms. The molecule has 5 nitrogen and oxygen atoms in total. The molecule has 0 atom stereocenters. The van der Waals surface area contributed by atoms with E-state index in [0.29, 0.717) is 30.3 Å². The summed E-state index contributed by atoms with van der Waals surface area (Å²) in [5, 5.41) is 0. The number of hydrogen-bond donors (Lipinski definition) is 0. The van der Waals surface area contributed by atoms with Crippen LogP contribution in [0.5, 0.6) is 17.2 Å². The van der Waals surface area contributed by atoms with E-state index in [4.69, 9.17) is 14.2 Å². The Labute approximate surface area is 175 Å². The minimum atomic E-state index is -0.115. The Hall–Kier alpha value is -3.73. The van der Waals surface area contributed by atoms with E-state index >= 15 is 0 Å². The Kier molecular flexibility index (Phi) is 4.43. The highest BCUT2D eigenvalue weighted by Gasteiger charge is 2.33. The number of fused-ring (bicyclic) bond motifs is 3. The van der Waals surface area contributed by atoms with Gasteiger partial charge in [-0.15, -0.1) is 0 Å². The molecule has 0 fully saturated rings. The van der Waals surface area contributed by atoms with Gasteiger partial charge in [0.25, 0.3) is 0 Å². The van der Waals surface area contributed by atoms with Crippen molar-refractivity contribution in [2.45, 2.75) is 13.5 Å². The highest BCUT2D eigenvalue weighted by molar-refractivity contribution is 6.15. The fraction of sp³-hybridized carbons (Fsp3) is 0.160. The van der Waals surface area contributed by atoms with Gasteiger partial charge in [-0.25, -0.2) is 0 Å². The number of methoxy groups -OCH3 is 1. The summed E-state index contributed by atoms with van der Waals surface area (Å²) in [7, 11) is 1.62. The van der Waals surface area contributed by atoms with Crippen LogP contribution in [0.15, 0.2) is 66.4 Å². The molecule has 0 unspecified atom stereocenters. The maximum atomic E-state index is 12.9. The van der Waals surface area contributed by atoms with Gasteiger partial charge in [0.1, 0.15) is 17.2 Å². The van der Waals surface area contributed by atoms with Crippen molar-refractivity contribution in [2.75, 3.05) is 18.7 Å². The molecule has 5 heteroatoms. The number of anilines is 1. The maximum absolute atomic E-state index is 12.9. The van der Waals surface area contributed by atoms with Crippen molar-refractivity contribution in [3.05, 3.63) is 88.7 Å². The van der Waals surface area contributed by atoms with Gasteiger partial charge in [-0.3, -0.25) is 4.79 Å². The monoisotopic (exact) mass is 399 g/mol. The first-order valence-corrected chi connectivity index (χ1v) is 9.81. The van der Waals surface area contributed by atoms with E-state index in [2.05, 4.69) is 36.1 Å². The summed E-state index contributed by atoms with van der Waals surface area (Å²) in [6.07, 6.45) is 1.76. The number of allylic oxidation sites excluding steroid dienone is 1. The molecule has 2 aliphatic heterocycles. The largest absolute Gasteiger partial charge is 0.497 e. The first-order valence-electron chi connectivity index (χ1n) is 9.81. The van der Waals surface area contributed by atoms with Gasteiger partial charge in [-0.2, -0.15) is 0 Å². The molecule has 0 aromatic heterocycles. The summed E-state index contributed by atoms with van der Waals surface area (Å²) < 4.78 is 17.2. The van der Waals surface area contributed by atoms with Gasteiger partial charge in [-0.1, -0.05) is 29.8 Å². The molecule has 0 saturated carbocycles. The summed E-state index contributed by atoms with van der Waals surface area (Å²) in [6, 6.07) is 19.5. The third-order valence-electron chi connectivity index (χ3n) is 5.44. The lowest BCUT2D eigenvalue weighted by Gasteiger charge is -2.31. The zero-order valence-electron chi connectivity index (χ0n) is 16.8. The number of benzene rings is 3. The minimum Gasteiger partial charge on any atom is -0.497 e. The molecule has 0 radical (unpaired) electrons. The average molecular weight is 399 g/mol. The molecule has 3 aromatic rings. The Bertz CT molecular complexity index is 1150. The van der Waals surface area contributed by atoms with E-state index in [1.54, 1.807) is 19.3 Å². The van der Waals surface area contributed by atoms with E-state index in [-0.39, 0.29) is 5.78 Å². The predicted molar refractivity (Wildman–Crippen MR) is 115 cm³/mol. The van der Waals surface area contributed by atoms with Gasteiger partial charge >= 0.3 is 0 Å². The number of carbonyl (C=O) groups excluding carboxylic acids is 1. The third kappa shape index (κ3) is 3.18. The van der Waals surface area contributed by atoms with E-state index in [9.17, 15) is 4.79 Å². The Morgan fingerprint density at radius 2 is 1.77 bits per heavy atom. The van der Waals surface area contributed by atoms with Gasteiger partial charge in [0.15, 0.2) is 12.5 Å². The first kappa shape index (κ1) is 18.3. The van der Waals surface area contributed by atoms with Gasteiger partial charge in [0, 0.05) is 5.69 Å². The van der Waals surface area contributed by atoms with Crippen LogP contribution in [0.1, 0.15) is 27.0 Å². The predicted octanol–water partition coefficient (Wildman–Crippen LogP) is 4.98. The molecule has 3 aromatic carbocycles. The molecule has 5 rings (SSSR count). The maximum Gasteiger partial charge on any atom is 0.231 e. The van der Waals surface area contributed by atoms with Gasteiger partial charge in [0.05, 0.1) is 24.8 Å². The second-order valence-electron chi connectivity index (χ2n) is 7.44. The van der Waals surface area contributed by atoms with Crippen molar-refractivity contribution in [1.82, 2.24) is 0 Å². The number of rotatable bonds is 3. The second kappa shape index (κ2) is 7.26.